The Hall–Kier alpha value is -1.59. The molecule has 0 saturated heterocycles. The van der Waals surface area contributed by atoms with Gasteiger partial charge in [-0.05, 0) is 18.2 Å². The van der Waals surface area contributed by atoms with Crippen LogP contribution in [0.3, 0.4) is 0 Å². The highest BCUT2D eigenvalue weighted by molar-refractivity contribution is 7.09. The molecule has 0 fully saturated rings. The van der Waals surface area contributed by atoms with Crippen LogP contribution in [0.15, 0.2) is 23.6 Å². The molecule has 1 aromatic heterocycles. The molecule has 4 nitrogen and oxygen atoms in total. The van der Waals surface area contributed by atoms with E-state index in [1.807, 2.05) is 18.2 Å². The van der Waals surface area contributed by atoms with Gasteiger partial charge in [-0.2, -0.15) is 0 Å². The molecule has 0 bridgehead atoms. The molecule has 2 aromatic rings. The van der Waals surface area contributed by atoms with Crippen molar-refractivity contribution in [1.82, 2.24) is 4.98 Å². The lowest BCUT2D eigenvalue weighted by molar-refractivity contribution is 0.274. The molecule has 1 aromatic carbocycles. The summed E-state index contributed by atoms with van der Waals surface area (Å²) in [6, 6.07) is 5.69. The van der Waals surface area contributed by atoms with Crippen molar-refractivity contribution in [2.45, 2.75) is 32.9 Å². The first-order valence-corrected chi connectivity index (χ1v) is 7.48. The van der Waals surface area contributed by atoms with Gasteiger partial charge >= 0.3 is 0 Å². The van der Waals surface area contributed by atoms with Crippen molar-refractivity contribution in [3.05, 3.63) is 39.8 Å². The van der Waals surface area contributed by atoms with Crippen molar-refractivity contribution in [3.8, 4) is 5.75 Å². The fourth-order valence-electron chi connectivity index (χ4n) is 1.87. The first-order valence-electron chi connectivity index (χ1n) is 6.60. The summed E-state index contributed by atoms with van der Waals surface area (Å²) in [5, 5.41) is 15.9. The number of aromatic nitrogens is 1. The van der Waals surface area contributed by atoms with Crippen molar-refractivity contribution in [3.63, 3.8) is 0 Å². The Balaban J connectivity index is 2.03. The van der Waals surface area contributed by atoms with Crippen molar-refractivity contribution in [2.75, 3.05) is 12.4 Å². The lowest BCUT2D eigenvalue weighted by atomic mass is 10.2. The van der Waals surface area contributed by atoms with Gasteiger partial charge in [0.05, 0.1) is 31.0 Å². The van der Waals surface area contributed by atoms with E-state index in [1.165, 1.54) is 0 Å². The number of hydrogen-bond donors (Lipinski definition) is 2. The van der Waals surface area contributed by atoms with Gasteiger partial charge in [0.15, 0.2) is 0 Å². The lowest BCUT2D eigenvalue weighted by Gasteiger charge is -2.10. The maximum atomic E-state index is 9.31. The van der Waals surface area contributed by atoms with Crippen molar-refractivity contribution in [2.24, 2.45) is 0 Å². The normalized spacial score (nSPS) is 10.8. The number of hydrogen-bond acceptors (Lipinski definition) is 5. The summed E-state index contributed by atoms with van der Waals surface area (Å²) in [5.41, 5.74) is 2.77. The van der Waals surface area contributed by atoms with Crippen LogP contribution in [-0.2, 0) is 13.2 Å². The van der Waals surface area contributed by atoms with E-state index >= 15 is 0 Å². The van der Waals surface area contributed by atoms with Crippen LogP contribution in [-0.4, -0.2) is 17.2 Å². The van der Waals surface area contributed by atoms with Crippen molar-refractivity contribution >= 4 is 17.0 Å². The largest absolute Gasteiger partial charge is 0.496 e. The molecule has 2 N–H and O–H groups in total. The number of ether oxygens (including phenoxy) is 1. The predicted molar refractivity (Wildman–Crippen MR) is 82.4 cm³/mol. The third-order valence-corrected chi connectivity index (χ3v) is 4.18. The van der Waals surface area contributed by atoms with Crippen LogP contribution in [0.25, 0.3) is 0 Å². The Morgan fingerprint density at radius 3 is 2.80 bits per heavy atom. The number of aliphatic hydroxyl groups excluding tert-OH is 1. The fraction of sp³-hybridized carbons (Fsp3) is 0.400. The van der Waals surface area contributed by atoms with Gasteiger partial charge < -0.3 is 15.2 Å². The highest BCUT2D eigenvalue weighted by atomic mass is 32.1. The van der Waals surface area contributed by atoms with Gasteiger partial charge in [-0.15, -0.1) is 11.3 Å². The van der Waals surface area contributed by atoms with Crippen LogP contribution in [0.2, 0.25) is 0 Å². The summed E-state index contributed by atoms with van der Waals surface area (Å²) in [6.07, 6.45) is 0. The molecule has 0 saturated carbocycles. The van der Waals surface area contributed by atoms with Gasteiger partial charge in [-0.1, -0.05) is 13.8 Å². The first kappa shape index (κ1) is 14.8. The molecular formula is C15H20N2O2S. The topological polar surface area (TPSA) is 54.4 Å². The van der Waals surface area contributed by atoms with E-state index in [1.54, 1.807) is 18.4 Å². The zero-order valence-corrected chi connectivity index (χ0v) is 12.8. The monoisotopic (exact) mass is 292 g/mol. The van der Waals surface area contributed by atoms with Gasteiger partial charge in [0.1, 0.15) is 5.75 Å². The minimum atomic E-state index is -0.0348. The van der Waals surface area contributed by atoms with Crippen molar-refractivity contribution < 1.29 is 9.84 Å². The van der Waals surface area contributed by atoms with E-state index in [4.69, 9.17) is 4.74 Å². The average molecular weight is 292 g/mol. The number of rotatable bonds is 6. The maximum Gasteiger partial charge on any atom is 0.124 e. The Bertz CT molecular complexity index is 567. The number of nitrogens with one attached hydrogen (secondary N) is 1. The Kier molecular flexibility index (Phi) is 4.98. The number of anilines is 1. The van der Waals surface area contributed by atoms with Crippen LogP contribution in [0.1, 0.15) is 36.0 Å². The highest BCUT2D eigenvalue weighted by Gasteiger charge is 2.07. The van der Waals surface area contributed by atoms with Gasteiger partial charge in [0.25, 0.3) is 0 Å². The molecule has 108 valence electrons. The summed E-state index contributed by atoms with van der Waals surface area (Å²) in [6.45, 7) is 4.94. The molecule has 0 aliphatic carbocycles. The molecule has 0 unspecified atom stereocenters. The Morgan fingerprint density at radius 1 is 1.40 bits per heavy atom. The number of aliphatic hydroxyl groups is 1. The summed E-state index contributed by atoms with van der Waals surface area (Å²) in [4.78, 5) is 4.58. The average Bonchev–Trinajstić information content (AvgIpc) is 2.94. The molecule has 0 spiro atoms. The minimum Gasteiger partial charge on any atom is -0.496 e. The van der Waals surface area contributed by atoms with Crippen molar-refractivity contribution in [1.29, 1.82) is 0 Å². The molecule has 0 atom stereocenters. The SMILES string of the molecule is COc1ccc(NCc2csc(C(C)C)n2)cc1CO. The molecule has 20 heavy (non-hydrogen) atoms. The van der Waals surface area contributed by atoms with E-state index in [-0.39, 0.29) is 6.61 Å². The smallest absolute Gasteiger partial charge is 0.124 e. The second-order valence-electron chi connectivity index (χ2n) is 4.87. The maximum absolute atomic E-state index is 9.31. The molecule has 0 aliphatic rings. The third kappa shape index (κ3) is 3.49. The first-order chi connectivity index (χ1) is 9.63. The summed E-state index contributed by atoms with van der Waals surface area (Å²) >= 11 is 1.70. The second-order valence-corrected chi connectivity index (χ2v) is 5.76. The fourth-order valence-corrected chi connectivity index (χ4v) is 2.71. The van der Waals surface area contributed by atoms with E-state index in [0.29, 0.717) is 18.2 Å². The van der Waals surface area contributed by atoms with E-state index in [0.717, 1.165) is 22.0 Å². The van der Waals surface area contributed by atoms with Gasteiger partial charge in [-0.25, -0.2) is 4.98 Å². The van der Waals surface area contributed by atoms with Crippen LogP contribution in [0, 0.1) is 0 Å². The standard InChI is InChI=1S/C15H20N2O2S/c1-10(2)15-17-13(9-20-15)7-16-12-4-5-14(19-3)11(6-12)8-18/h4-6,9-10,16,18H,7-8H2,1-3H3. The molecule has 2 rings (SSSR count). The lowest BCUT2D eigenvalue weighted by Crippen LogP contribution is -2.01. The van der Waals surface area contributed by atoms with Crippen LogP contribution < -0.4 is 10.1 Å². The Labute approximate surface area is 123 Å². The zero-order chi connectivity index (χ0) is 14.5. The van der Waals surface area contributed by atoms with Crippen LogP contribution in [0.4, 0.5) is 5.69 Å². The Morgan fingerprint density at radius 2 is 2.20 bits per heavy atom. The zero-order valence-electron chi connectivity index (χ0n) is 12.0. The van der Waals surface area contributed by atoms with Gasteiger partial charge in [-0.3, -0.25) is 0 Å². The van der Waals surface area contributed by atoms with Crippen LogP contribution >= 0.6 is 11.3 Å². The van der Waals surface area contributed by atoms with E-state index in [2.05, 4.69) is 29.5 Å². The molecule has 5 heteroatoms. The number of thiazole rings is 1. The molecule has 0 amide bonds. The highest BCUT2D eigenvalue weighted by Crippen LogP contribution is 2.24. The van der Waals surface area contributed by atoms with E-state index < -0.39 is 0 Å². The van der Waals surface area contributed by atoms with Gasteiger partial charge in [0.2, 0.25) is 0 Å². The quantitative estimate of drug-likeness (QED) is 0.857. The molecular weight excluding hydrogens is 272 g/mol. The summed E-state index contributed by atoms with van der Waals surface area (Å²) in [7, 11) is 1.60. The van der Waals surface area contributed by atoms with E-state index in [9.17, 15) is 5.11 Å². The van der Waals surface area contributed by atoms with Crippen LogP contribution in [0.5, 0.6) is 5.75 Å². The third-order valence-electron chi connectivity index (χ3n) is 2.99. The predicted octanol–water partition coefficient (Wildman–Crippen LogP) is 3.38. The number of methoxy groups -OCH3 is 1. The molecule has 0 aliphatic heterocycles. The number of nitrogens with zero attached hydrogens (tertiary/aromatic N) is 1. The molecule has 1 heterocycles. The van der Waals surface area contributed by atoms with Gasteiger partial charge in [0, 0.05) is 22.5 Å². The molecule has 0 radical (unpaired) electrons. The summed E-state index contributed by atoms with van der Waals surface area (Å²) in [5.74, 6) is 1.17. The second kappa shape index (κ2) is 6.72. The summed E-state index contributed by atoms with van der Waals surface area (Å²) < 4.78 is 5.19. The number of benzene rings is 1. The minimum absolute atomic E-state index is 0.0348.